The van der Waals surface area contributed by atoms with Gasteiger partial charge in [-0.3, -0.25) is 14.5 Å². The number of hydrogen-bond acceptors (Lipinski definition) is 2. The van der Waals surface area contributed by atoms with Crippen molar-refractivity contribution in [2.75, 3.05) is 6.54 Å². The van der Waals surface area contributed by atoms with Crippen molar-refractivity contribution >= 4 is 11.8 Å². The molecule has 0 atom stereocenters. The van der Waals surface area contributed by atoms with Gasteiger partial charge < -0.3 is 0 Å². The largest absolute Gasteiger partial charge is 0.274 e. The van der Waals surface area contributed by atoms with Crippen LogP contribution in [0.1, 0.15) is 38.3 Å². The highest BCUT2D eigenvalue weighted by Crippen LogP contribution is 2.25. The molecule has 105 valence electrons. The van der Waals surface area contributed by atoms with E-state index in [9.17, 15) is 9.59 Å². The van der Waals surface area contributed by atoms with Crippen LogP contribution in [-0.2, 0) is 6.42 Å². The van der Waals surface area contributed by atoms with Gasteiger partial charge in [-0.2, -0.15) is 0 Å². The number of benzene rings is 2. The number of imide groups is 1. The smallest absolute Gasteiger partial charge is 0.261 e. The quantitative estimate of drug-likeness (QED) is 0.806. The molecule has 21 heavy (non-hydrogen) atoms. The summed E-state index contributed by atoms with van der Waals surface area (Å²) in [6.45, 7) is 4.08. The van der Waals surface area contributed by atoms with Crippen LogP contribution in [0.3, 0.4) is 0 Å². The Morgan fingerprint density at radius 3 is 2.29 bits per heavy atom. The summed E-state index contributed by atoms with van der Waals surface area (Å²) in [6, 6.07) is 15.6. The molecular formula is C18H16NO2. The maximum Gasteiger partial charge on any atom is 0.261 e. The van der Waals surface area contributed by atoms with Crippen molar-refractivity contribution in [3.8, 4) is 0 Å². The van der Waals surface area contributed by atoms with Crippen molar-refractivity contribution in [1.29, 1.82) is 0 Å². The lowest BCUT2D eigenvalue weighted by Gasteiger charge is -2.11. The third-order valence-corrected chi connectivity index (χ3v) is 3.67. The van der Waals surface area contributed by atoms with E-state index in [0.29, 0.717) is 24.1 Å². The second-order valence-corrected chi connectivity index (χ2v) is 5.16. The molecule has 0 saturated carbocycles. The van der Waals surface area contributed by atoms with Gasteiger partial charge in [-0.05, 0) is 36.1 Å². The molecule has 3 rings (SSSR count). The van der Waals surface area contributed by atoms with Crippen LogP contribution in [0.25, 0.3) is 0 Å². The minimum Gasteiger partial charge on any atom is -0.274 e. The van der Waals surface area contributed by atoms with E-state index in [2.05, 4.69) is 19.1 Å². The first-order valence-electron chi connectivity index (χ1n) is 7.03. The Kier molecular flexibility index (Phi) is 3.57. The Bertz CT molecular complexity index is 692. The van der Waals surface area contributed by atoms with Crippen LogP contribution in [0.2, 0.25) is 0 Å². The van der Waals surface area contributed by atoms with Crippen LogP contribution < -0.4 is 0 Å². The van der Waals surface area contributed by atoms with Crippen LogP contribution >= 0.6 is 0 Å². The summed E-state index contributed by atoms with van der Waals surface area (Å²) in [7, 11) is 0. The average molecular weight is 278 g/mol. The summed E-state index contributed by atoms with van der Waals surface area (Å²) >= 11 is 0. The standard InChI is InChI=1S/C18H16NO2/c1-2-10-19-17(20)15-9-8-14(12-16(15)18(19)21)11-13-6-4-3-5-7-13/h3-9,12H,1-2,10-11H2. The van der Waals surface area contributed by atoms with Gasteiger partial charge >= 0.3 is 0 Å². The van der Waals surface area contributed by atoms with Crippen LogP contribution in [0.5, 0.6) is 0 Å². The monoisotopic (exact) mass is 278 g/mol. The summed E-state index contributed by atoms with van der Waals surface area (Å²) in [5.41, 5.74) is 3.24. The van der Waals surface area contributed by atoms with Gasteiger partial charge in [-0.15, -0.1) is 0 Å². The topological polar surface area (TPSA) is 37.4 Å². The minimum absolute atomic E-state index is 0.200. The molecule has 2 amide bonds. The zero-order chi connectivity index (χ0) is 14.8. The zero-order valence-electron chi connectivity index (χ0n) is 11.7. The fourth-order valence-electron chi connectivity index (χ4n) is 2.64. The molecule has 0 spiro atoms. The van der Waals surface area contributed by atoms with Gasteiger partial charge in [0.15, 0.2) is 0 Å². The summed E-state index contributed by atoms with van der Waals surface area (Å²) in [5, 5.41) is 0. The van der Waals surface area contributed by atoms with E-state index < -0.39 is 0 Å². The maximum absolute atomic E-state index is 12.3. The number of hydrogen-bond donors (Lipinski definition) is 0. The number of carbonyl (C=O) groups is 2. The molecule has 0 N–H and O–H groups in total. The van der Waals surface area contributed by atoms with Gasteiger partial charge in [-0.25, -0.2) is 0 Å². The van der Waals surface area contributed by atoms with E-state index >= 15 is 0 Å². The van der Waals surface area contributed by atoms with E-state index in [-0.39, 0.29) is 11.8 Å². The van der Waals surface area contributed by atoms with Crippen molar-refractivity contribution in [2.45, 2.75) is 12.8 Å². The molecule has 0 aliphatic carbocycles. The first-order chi connectivity index (χ1) is 10.2. The molecule has 0 fully saturated rings. The summed E-state index contributed by atoms with van der Waals surface area (Å²) in [6.07, 6.45) is 1.28. The van der Waals surface area contributed by atoms with Gasteiger partial charge in [-0.1, -0.05) is 43.3 Å². The Morgan fingerprint density at radius 2 is 1.57 bits per heavy atom. The van der Waals surface area contributed by atoms with Gasteiger partial charge in [0.2, 0.25) is 0 Å². The number of amides is 2. The fourth-order valence-corrected chi connectivity index (χ4v) is 2.64. The molecule has 2 aromatic rings. The van der Waals surface area contributed by atoms with E-state index in [1.807, 2.05) is 30.3 Å². The Balaban J connectivity index is 1.90. The summed E-state index contributed by atoms with van der Waals surface area (Å²) in [5.74, 6) is -0.404. The van der Waals surface area contributed by atoms with Crippen molar-refractivity contribution in [3.63, 3.8) is 0 Å². The second-order valence-electron chi connectivity index (χ2n) is 5.16. The molecule has 3 heteroatoms. The van der Waals surface area contributed by atoms with Crippen LogP contribution in [0, 0.1) is 6.92 Å². The molecule has 3 nitrogen and oxygen atoms in total. The highest BCUT2D eigenvalue weighted by atomic mass is 16.2. The molecule has 0 bridgehead atoms. The normalized spacial score (nSPS) is 13.7. The Morgan fingerprint density at radius 1 is 0.857 bits per heavy atom. The molecular weight excluding hydrogens is 262 g/mol. The van der Waals surface area contributed by atoms with Crippen LogP contribution in [-0.4, -0.2) is 23.3 Å². The molecule has 0 unspecified atom stereocenters. The van der Waals surface area contributed by atoms with E-state index in [0.717, 1.165) is 12.0 Å². The third kappa shape index (κ3) is 2.47. The Hall–Kier alpha value is -2.42. The van der Waals surface area contributed by atoms with Crippen molar-refractivity contribution in [2.24, 2.45) is 0 Å². The third-order valence-electron chi connectivity index (χ3n) is 3.67. The Labute approximate surface area is 124 Å². The molecule has 1 aliphatic heterocycles. The van der Waals surface area contributed by atoms with Gasteiger partial charge in [0, 0.05) is 6.54 Å². The highest BCUT2D eigenvalue weighted by molar-refractivity contribution is 6.21. The van der Waals surface area contributed by atoms with E-state index in [1.165, 1.54) is 10.5 Å². The van der Waals surface area contributed by atoms with E-state index in [4.69, 9.17) is 0 Å². The molecule has 0 saturated heterocycles. The lowest BCUT2D eigenvalue weighted by molar-refractivity contribution is 0.0656. The minimum atomic E-state index is -0.204. The first-order valence-corrected chi connectivity index (χ1v) is 7.03. The van der Waals surface area contributed by atoms with Gasteiger partial charge in [0.05, 0.1) is 11.1 Å². The second kappa shape index (κ2) is 5.52. The maximum atomic E-state index is 12.3. The SMILES string of the molecule is [CH2]CCN1C(=O)c2ccc(Cc3ccccc3)cc2C1=O. The predicted molar refractivity (Wildman–Crippen MR) is 81.0 cm³/mol. The molecule has 0 aromatic heterocycles. The van der Waals surface area contributed by atoms with Crippen LogP contribution in [0.4, 0.5) is 0 Å². The molecule has 2 aromatic carbocycles. The summed E-state index contributed by atoms with van der Waals surface area (Å²) < 4.78 is 0. The number of rotatable bonds is 4. The van der Waals surface area contributed by atoms with Crippen LogP contribution in [0.15, 0.2) is 48.5 Å². The molecule has 1 heterocycles. The summed E-state index contributed by atoms with van der Waals surface area (Å²) in [4.78, 5) is 25.7. The first kappa shape index (κ1) is 13.6. The van der Waals surface area contributed by atoms with Gasteiger partial charge in [0.1, 0.15) is 0 Å². The van der Waals surface area contributed by atoms with Gasteiger partial charge in [0.25, 0.3) is 11.8 Å². The van der Waals surface area contributed by atoms with Crippen molar-refractivity contribution in [3.05, 3.63) is 77.7 Å². The molecule has 1 aliphatic rings. The highest BCUT2D eigenvalue weighted by Gasteiger charge is 2.34. The lowest BCUT2D eigenvalue weighted by Crippen LogP contribution is -2.30. The zero-order valence-corrected chi connectivity index (χ0v) is 11.7. The van der Waals surface area contributed by atoms with E-state index in [1.54, 1.807) is 6.07 Å². The predicted octanol–water partition coefficient (Wildman–Crippen LogP) is 3.10. The van der Waals surface area contributed by atoms with Crippen molar-refractivity contribution in [1.82, 2.24) is 4.90 Å². The lowest BCUT2D eigenvalue weighted by atomic mass is 10.0. The number of nitrogens with zero attached hydrogens (tertiary/aromatic N) is 1. The number of carbonyl (C=O) groups excluding carboxylic acids is 2. The van der Waals surface area contributed by atoms with Crippen molar-refractivity contribution < 1.29 is 9.59 Å². The number of fused-ring (bicyclic) bond motifs is 1. The fraction of sp³-hybridized carbons (Fsp3) is 0.167. The molecule has 1 radical (unpaired) electrons. The average Bonchev–Trinajstić information content (AvgIpc) is 2.74.